The summed E-state index contributed by atoms with van der Waals surface area (Å²) in [6.07, 6.45) is 1.53. The van der Waals surface area contributed by atoms with Gasteiger partial charge in [0.05, 0.1) is 13.0 Å². The highest BCUT2D eigenvalue weighted by atomic mass is 16.5. The SMILES string of the molecule is CCC(C(=O)NCCC(C)(C)C)c1cc(C(=O)c2ccccc2)cc2ccc(OC)cc12. The number of fused-ring (bicyclic) bond motifs is 1. The average molecular weight is 432 g/mol. The van der Waals surface area contributed by atoms with Gasteiger partial charge in [0.2, 0.25) is 5.91 Å². The fraction of sp³-hybridized carbons (Fsp3) is 0.357. The molecule has 32 heavy (non-hydrogen) atoms. The lowest BCUT2D eigenvalue weighted by Gasteiger charge is -2.22. The lowest BCUT2D eigenvalue weighted by Crippen LogP contribution is -2.32. The molecule has 0 saturated heterocycles. The van der Waals surface area contributed by atoms with Crippen LogP contribution in [-0.4, -0.2) is 25.3 Å². The van der Waals surface area contributed by atoms with Crippen LogP contribution in [0.25, 0.3) is 10.8 Å². The van der Waals surface area contributed by atoms with Crippen LogP contribution in [0.1, 0.15) is 67.9 Å². The molecule has 0 spiro atoms. The maximum absolute atomic E-state index is 13.2. The quantitative estimate of drug-likeness (QED) is 0.437. The van der Waals surface area contributed by atoms with Gasteiger partial charge in [-0.25, -0.2) is 0 Å². The van der Waals surface area contributed by atoms with Gasteiger partial charge in [0, 0.05) is 17.7 Å². The van der Waals surface area contributed by atoms with E-state index in [9.17, 15) is 9.59 Å². The van der Waals surface area contributed by atoms with E-state index in [1.807, 2.05) is 67.6 Å². The Kier molecular flexibility index (Phi) is 7.34. The molecule has 0 aliphatic heterocycles. The van der Waals surface area contributed by atoms with E-state index in [4.69, 9.17) is 4.74 Å². The van der Waals surface area contributed by atoms with E-state index in [2.05, 4.69) is 26.1 Å². The van der Waals surface area contributed by atoms with Crippen LogP contribution in [0.4, 0.5) is 0 Å². The first kappa shape index (κ1) is 23.5. The Balaban J connectivity index is 2.05. The number of hydrogen-bond donors (Lipinski definition) is 1. The number of amides is 1. The van der Waals surface area contributed by atoms with Gasteiger partial charge in [0.1, 0.15) is 5.75 Å². The van der Waals surface area contributed by atoms with Crippen LogP contribution in [0, 0.1) is 5.41 Å². The van der Waals surface area contributed by atoms with E-state index in [1.54, 1.807) is 7.11 Å². The van der Waals surface area contributed by atoms with Crippen LogP contribution in [-0.2, 0) is 4.79 Å². The molecule has 0 aliphatic carbocycles. The maximum atomic E-state index is 13.2. The van der Waals surface area contributed by atoms with Crippen LogP contribution >= 0.6 is 0 Å². The smallest absolute Gasteiger partial charge is 0.227 e. The minimum absolute atomic E-state index is 0.00909. The van der Waals surface area contributed by atoms with Crippen molar-refractivity contribution in [1.29, 1.82) is 0 Å². The number of hydrogen-bond acceptors (Lipinski definition) is 3. The zero-order valence-electron chi connectivity index (χ0n) is 19.7. The van der Waals surface area contributed by atoms with Gasteiger partial charge in [-0.3, -0.25) is 9.59 Å². The Morgan fingerprint density at radius 3 is 2.31 bits per heavy atom. The van der Waals surface area contributed by atoms with Gasteiger partial charge in [-0.05, 0) is 58.9 Å². The Morgan fingerprint density at radius 2 is 1.69 bits per heavy atom. The number of methoxy groups -OCH3 is 1. The van der Waals surface area contributed by atoms with Crippen LogP contribution in [0.5, 0.6) is 5.75 Å². The van der Waals surface area contributed by atoms with E-state index < -0.39 is 0 Å². The monoisotopic (exact) mass is 431 g/mol. The summed E-state index contributed by atoms with van der Waals surface area (Å²) in [5.74, 6) is 0.315. The van der Waals surface area contributed by atoms with Crippen molar-refractivity contribution >= 4 is 22.5 Å². The van der Waals surface area contributed by atoms with Gasteiger partial charge in [-0.15, -0.1) is 0 Å². The summed E-state index contributed by atoms with van der Waals surface area (Å²) in [6.45, 7) is 9.12. The van der Waals surface area contributed by atoms with E-state index in [0.29, 0.717) is 24.1 Å². The summed E-state index contributed by atoms with van der Waals surface area (Å²) < 4.78 is 5.43. The van der Waals surface area contributed by atoms with Crippen LogP contribution in [0.3, 0.4) is 0 Å². The second kappa shape index (κ2) is 9.99. The van der Waals surface area contributed by atoms with Gasteiger partial charge >= 0.3 is 0 Å². The molecule has 3 aromatic carbocycles. The molecule has 4 nitrogen and oxygen atoms in total. The second-order valence-corrected chi connectivity index (χ2v) is 9.41. The third-order valence-corrected chi connectivity index (χ3v) is 5.77. The van der Waals surface area contributed by atoms with Crippen molar-refractivity contribution in [3.05, 3.63) is 77.4 Å². The van der Waals surface area contributed by atoms with Crippen LogP contribution < -0.4 is 10.1 Å². The Hall–Kier alpha value is -3.14. The summed E-state index contributed by atoms with van der Waals surface area (Å²) >= 11 is 0. The molecule has 0 fully saturated rings. The van der Waals surface area contributed by atoms with Gasteiger partial charge in [-0.2, -0.15) is 0 Å². The van der Waals surface area contributed by atoms with Crippen molar-refractivity contribution in [1.82, 2.24) is 5.32 Å². The average Bonchev–Trinajstić information content (AvgIpc) is 2.78. The number of carbonyl (C=O) groups excluding carboxylic acids is 2. The molecular formula is C28H33NO3. The first-order valence-electron chi connectivity index (χ1n) is 11.2. The standard InChI is InChI=1S/C28H33NO3/c1-6-23(27(31)29-15-14-28(2,3)4)25-17-21(26(30)19-10-8-7-9-11-19)16-20-12-13-22(32-5)18-24(20)25/h7-13,16-18,23H,6,14-15H2,1-5H3,(H,29,31). The fourth-order valence-corrected chi connectivity index (χ4v) is 3.90. The van der Waals surface area contributed by atoms with Gasteiger partial charge in [-0.1, -0.05) is 64.1 Å². The number of ketones is 1. The molecule has 0 saturated carbocycles. The highest BCUT2D eigenvalue weighted by Crippen LogP contribution is 2.33. The summed E-state index contributed by atoms with van der Waals surface area (Å²) in [4.78, 5) is 26.4. The van der Waals surface area contributed by atoms with Gasteiger partial charge in [0.15, 0.2) is 5.78 Å². The predicted molar refractivity (Wildman–Crippen MR) is 130 cm³/mol. The Bertz CT molecular complexity index is 1100. The largest absolute Gasteiger partial charge is 0.497 e. The summed E-state index contributed by atoms with van der Waals surface area (Å²) in [6, 6.07) is 18.8. The number of carbonyl (C=O) groups is 2. The molecule has 0 bridgehead atoms. The van der Waals surface area contributed by atoms with E-state index in [-0.39, 0.29) is 23.0 Å². The molecule has 1 atom stereocenters. The third-order valence-electron chi connectivity index (χ3n) is 5.77. The zero-order valence-corrected chi connectivity index (χ0v) is 19.7. The van der Waals surface area contributed by atoms with Crippen molar-refractivity contribution < 1.29 is 14.3 Å². The number of ether oxygens (including phenoxy) is 1. The van der Waals surface area contributed by atoms with Crippen LogP contribution in [0.15, 0.2) is 60.7 Å². The van der Waals surface area contributed by atoms with Gasteiger partial charge in [0.25, 0.3) is 0 Å². The highest BCUT2D eigenvalue weighted by molar-refractivity contribution is 6.11. The molecular weight excluding hydrogens is 398 g/mol. The highest BCUT2D eigenvalue weighted by Gasteiger charge is 2.24. The molecule has 0 aromatic heterocycles. The lowest BCUT2D eigenvalue weighted by molar-refractivity contribution is -0.122. The number of nitrogens with one attached hydrogen (secondary N) is 1. The Labute approximate surface area is 191 Å². The molecule has 0 aliphatic rings. The minimum atomic E-state index is -0.354. The van der Waals surface area contributed by atoms with E-state index in [0.717, 1.165) is 28.5 Å². The Morgan fingerprint density at radius 1 is 0.969 bits per heavy atom. The van der Waals surface area contributed by atoms with E-state index in [1.165, 1.54) is 0 Å². The number of benzene rings is 3. The molecule has 1 unspecified atom stereocenters. The topological polar surface area (TPSA) is 55.4 Å². The first-order chi connectivity index (χ1) is 15.2. The third kappa shape index (κ3) is 5.56. The van der Waals surface area contributed by atoms with Gasteiger partial charge < -0.3 is 10.1 Å². The maximum Gasteiger partial charge on any atom is 0.227 e. The molecule has 1 N–H and O–H groups in total. The van der Waals surface area contributed by atoms with Crippen molar-refractivity contribution in [3.8, 4) is 5.75 Å². The van der Waals surface area contributed by atoms with Crippen LogP contribution in [0.2, 0.25) is 0 Å². The zero-order chi connectivity index (χ0) is 23.3. The molecule has 4 heteroatoms. The van der Waals surface area contributed by atoms with Crippen molar-refractivity contribution in [2.24, 2.45) is 5.41 Å². The van der Waals surface area contributed by atoms with E-state index >= 15 is 0 Å². The number of rotatable bonds is 8. The molecule has 3 rings (SSSR count). The minimum Gasteiger partial charge on any atom is -0.497 e. The molecule has 3 aromatic rings. The molecule has 0 radical (unpaired) electrons. The molecule has 1 amide bonds. The normalized spacial score (nSPS) is 12.4. The first-order valence-corrected chi connectivity index (χ1v) is 11.2. The molecule has 168 valence electrons. The summed E-state index contributed by atoms with van der Waals surface area (Å²) in [7, 11) is 1.63. The van der Waals surface area contributed by atoms with Crippen molar-refractivity contribution in [3.63, 3.8) is 0 Å². The lowest BCUT2D eigenvalue weighted by atomic mass is 9.87. The fourth-order valence-electron chi connectivity index (χ4n) is 3.90. The van der Waals surface area contributed by atoms with Crippen molar-refractivity contribution in [2.75, 3.05) is 13.7 Å². The molecule has 0 heterocycles. The summed E-state index contributed by atoms with van der Waals surface area (Å²) in [5, 5.41) is 4.96. The predicted octanol–water partition coefficient (Wildman–Crippen LogP) is 6.13. The second-order valence-electron chi connectivity index (χ2n) is 9.41. The van der Waals surface area contributed by atoms with Crippen molar-refractivity contribution in [2.45, 2.75) is 46.5 Å². The summed E-state index contributed by atoms with van der Waals surface area (Å²) in [5.41, 5.74) is 2.23.